The summed E-state index contributed by atoms with van der Waals surface area (Å²) in [7, 11) is 0. The normalized spacial score (nSPS) is 17.7. The molecule has 1 aliphatic heterocycles. The highest BCUT2D eigenvalue weighted by atomic mass is 35.5. The van der Waals surface area contributed by atoms with Crippen LogP contribution in [-0.2, 0) is 6.42 Å². The maximum Gasteiger partial charge on any atom is 0.160 e. The molecule has 0 unspecified atom stereocenters. The van der Waals surface area contributed by atoms with Gasteiger partial charge in [0.15, 0.2) is 5.82 Å². The molecule has 2 rings (SSSR count). The molecule has 0 saturated carbocycles. The van der Waals surface area contributed by atoms with Crippen LogP contribution in [0.15, 0.2) is 12.1 Å². The molecular formula is C12H14Cl2FN. The van der Waals surface area contributed by atoms with E-state index in [1.165, 1.54) is 0 Å². The van der Waals surface area contributed by atoms with Crippen LogP contribution < -0.4 is 5.32 Å². The van der Waals surface area contributed by atoms with Crippen LogP contribution in [0.2, 0.25) is 10.0 Å². The number of nitrogens with one attached hydrogen (secondary N) is 1. The molecule has 0 bridgehead atoms. The van der Waals surface area contributed by atoms with Crippen LogP contribution >= 0.6 is 23.2 Å². The van der Waals surface area contributed by atoms with Crippen molar-refractivity contribution in [2.75, 3.05) is 13.1 Å². The topological polar surface area (TPSA) is 12.0 Å². The van der Waals surface area contributed by atoms with Crippen LogP contribution in [0.4, 0.5) is 4.39 Å². The zero-order chi connectivity index (χ0) is 11.5. The van der Waals surface area contributed by atoms with Crippen LogP contribution in [0.5, 0.6) is 0 Å². The Hall–Kier alpha value is -0.310. The minimum atomic E-state index is -0.516. The van der Waals surface area contributed by atoms with E-state index in [2.05, 4.69) is 5.32 Å². The van der Waals surface area contributed by atoms with E-state index >= 15 is 0 Å². The molecule has 0 radical (unpaired) electrons. The Morgan fingerprint density at radius 1 is 1.19 bits per heavy atom. The molecule has 1 saturated heterocycles. The molecule has 1 fully saturated rings. The molecule has 0 aromatic heterocycles. The van der Waals surface area contributed by atoms with Gasteiger partial charge in [0.25, 0.3) is 0 Å². The molecule has 1 nitrogen and oxygen atoms in total. The molecule has 1 aromatic rings. The lowest BCUT2D eigenvalue weighted by molar-refractivity contribution is 0.372. The summed E-state index contributed by atoms with van der Waals surface area (Å²) in [4.78, 5) is 0. The van der Waals surface area contributed by atoms with E-state index in [4.69, 9.17) is 23.2 Å². The summed E-state index contributed by atoms with van der Waals surface area (Å²) in [6, 6.07) is 3.37. The van der Waals surface area contributed by atoms with Gasteiger partial charge in [-0.05, 0) is 56.0 Å². The maximum absolute atomic E-state index is 13.2. The third-order valence-corrected chi connectivity index (χ3v) is 3.58. The standard InChI is InChI=1S/C12H14Cl2FN/c13-10-6-9(7-11(14)12(10)15)5-8-1-3-16-4-2-8/h6-8,16H,1-5H2. The average molecular weight is 262 g/mol. The average Bonchev–Trinajstić information content (AvgIpc) is 2.27. The Morgan fingerprint density at radius 3 is 2.31 bits per heavy atom. The fourth-order valence-corrected chi connectivity index (χ4v) is 2.68. The molecule has 4 heteroatoms. The van der Waals surface area contributed by atoms with Gasteiger partial charge in [-0.1, -0.05) is 23.2 Å². The maximum atomic E-state index is 13.2. The van der Waals surface area contributed by atoms with Crippen molar-refractivity contribution in [2.45, 2.75) is 19.3 Å². The first-order valence-corrected chi connectivity index (χ1v) is 6.26. The van der Waals surface area contributed by atoms with Crippen molar-refractivity contribution >= 4 is 23.2 Å². The lowest BCUT2D eigenvalue weighted by atomic mass is 9.91. The summed E-state index contributed by atoms with van der Waals surface area (Å²) >= 11 is 11.5. The van der Waals surface area contributed by atoms with E-state index in [1.54, 1.807) is 12.1 Å². The van der Waals surface area contributed by atoms with E-state index in [0.29, 0.717) is 5.92 Å². The van der Waals surface area contributed by atoms with E-state index < -0.39 is 5.82 Å². The Labute approximate surface area is 105 Å². The SMILES string of the molecule is Fc1c(Cl)cc(CC2CCNCC2)cc1Cl. The van der Waals surface area contributed by atoms with Crippen LogP contribution in [0, 0.1) is 11.7 Å². The summed E-state index contributed by atoms with van der Waals surface area (Å²) in [5, 5.41) is 3.56. The predicted octanol–water partition coefficient (Wildman–Crippen LogP) is 3.67. The second-order valence-corrected chi connectivity index (χ2v) is 5.09. The van der Waals surface area contributed by atoms with Gasteiger partial charge in [0.05, 0.1) is 10.0 Å². The van der Waals surface area contributed by atoms with Crippen molar-refractivity contribution in [3.63, 3.8) is 0 Å². The van der Waals surface area contributed by atoms with E-state index in [-0.39, 0.29) is 10.0 Å². The molecule has 88 valence electrons. The monoisotopic (exact) mass is 261 g/mol. The summed E-state index contributed by atoms with van der Waals surface area (Å²) in [6.07, 6.45) is 3.25. The van der Waals surface area contributed by atoms with Gasteiger partial charge in [0, 0.05) is 0 Å². The van der Waals surface area contributed by atoms with Gasteiger partial charge in [-0.25, -0.2) is 4.39 Å². The Balaban J connectivity index is 2.09. The zero-order valence-corrected chi connectivity index (χ0v) is 10.4. The van der Waals surface area contributed by atoms with Gasteiger partial charge in [-0.15, -0.1) is 0 Å². The number of halogens is 3. The Bertz CT molecular complexity index is 352. The number of hydrogen-bond acceptors (Lipinski definition) is 1. The van der Waals surface area contributed by atoms with Gasteiger partial charge < -0.3 is 5.32 Å². The molecule has 1 N–H and O–H groups in total. The van der Waals surface area contributed by atoms with Crippen LogP contribution in [0.1, 0.15) is 18.4 Å². The van der Waals surface area contributed by atoms with Crippen molar-refractivity contribution < 1.29 is 4.39 Å². The van der Waals surface area contributed by atoms with Crippen LogP contribution in [-0.4, -0.2) is 13.1 Å². The molecule has 1 heterocycles. The summed E-state index contributed by atoms with van der Waals surface area (Å²) in [5.41, 5.74) is 1.03. The largest absolute Gasteiger partial charge is 0.317 e. The van der Waals surface area contributed by atoms with E-state index in [0.717, 1.165) is 37.9 Å². The van der Waals surface area contributed by atoms with Crippen molar-refractivity contribution in [2.24, 2.45) is 5.92 Å². The molecular weight excluding hydrogens is 248 g/mol. The number of piperidine rings is 1. The third-order valence-electron chi connectivity index (χ3n) is 3.03. The quantitative estimate of drug-likeness (QED) is 0.802. The van der Waals surface area contributed by atoms with Crippen LogP contribution in [0.25, 0.3) is 0 Å². The van der Waals surface area contributed by atoms with Crippen molar-refractivity contribution in [1.29, 1.82) is 0 Å². The molecule has 1 aromatic carbocycles. The summed E-state index contributed by atoms with van der Waals surface area (Å²) < 4.78 is 13.2. The minimum Gasteiger partial charge on any atom is -0.317 e. The first-order chi connectivity index (χ1) is 7.66. The first kappa shape index (κ1) is 12.2. The second-order valence-electron chi connectivity index (χ2n) is 4.27. The second kappa shape index (κ2) is 5.35. The minimum absolute atomic E-state index is 0.122. The predicted molar refractivity (Wildman–Crippen MR) is 65.7 cm³/mol. The fourth-order valence-electron chi connectivity index (χ4n) is 2.15. The van der Waals surface area contributed by atoms with Crippen LogP contribution in [0.3, 0.4) is 0 Å². The molecule has 0 atom stereocenters. The van der Waals surface area contributed by atoms with E-state index in [9.17, 15) is 4.39 Å². The molecule has 1 aliphatic rings. The van der Waals surface area contributed by atoms with Gasteiger partial charge in [-0.2, -0.15) is 0 Å². The lowest BCUT2D eigenvalue weighted by Gasteiger charge is -2.22. The zero-order valence-electron chi connectivity index (χ0n) is 8.90. The Kier molecular flexibility index (Phi) is 4.06. The highest BCUT2D eigenvalue weighted by molar-refractivity contribution is 6.34. The molecule has 0 spiro atoms. The van der Waals surface area contributed by atoms with Crippen molar-refractivity contribution in [3.05, 3.63) is 33.6 Å². The van der Waals surface area contributed by atoms with Gasteiger partial charge >= 0.3 is 0 Å². The third kappa shape index (κ3) is 2.88. The van der Waals surface area contributed by atoms with E-state index in [1.807, 2.05) is 0 Å². The smallest absolute Gasteiger partial charge is 0.160 e. The lowest BCUT2D eigenvalue weighted by Crippen LogP contribution is -2.28. The first-order valence-electron chi connectivity index (χ1n) is 5.51. The highest BCUT2D eigenvalue weighted by Gasteiger charge is 2.15. The van der Waals surface area contributed by atoms with Crippen molar-refractivity contribution in [3.8, 4) is 0 Å². The highest BCUT2D eigenvalue weighted by Crippen LogP contribution is 2.27. The fraction of sp³-hybridized carbons (Fsp3) is 0.500. The number of benzene rings is 1. The Morgan fingerprint density at radius 2 is 1.75 bits per heavy atom. The molecule has 0 amide bonds. The van der Waals surface area contributed by atoms with Gasteiger partial charge in [0.2, 0.25) is 0 Å². The number of rotatable bonds is 2. The van der Waals surface area contributed by atoms with Gasteiger partial charge in [0.1, 0.15) is 0 Å². The number of hydrogen-bond donors (Lipinski definition) is 1. The summed E-state index contributed by atoms with van der Waals surface area (Å²) in [6.45, 7) is 2.13. The molecule has 16 heavy (non-hydrogen) atoms. The summed E-state index contributed by atoms with van der Waals surface area (Å²) in [5.74, 6) is 0.135. The van der Waals surface area contributed by atoms with Crippen molar-refractivity contribution in [1.82, 2.24) is 5.32 Å². The molecule has 0 aliphatic carbocycles. The van der Waals surface area contributed by atoms with Gasteiger partial charge in [-0.3, -0.25) is 0 Å².